The fraction of sp³-hybridized carbons (Fsp3) is 0.476. The molecule has 2 fully saturated rings. The summed E-state index contributed by atoms with van der Waals surface area (Å²) in [7, 11) is 0. The van der Waals surface area contributed by atoms with Crippen LogP contribution in [0.1, 0.15) is 29.1 Å². The maximum absolute atomic E-state index is 13.2. The zero-order valence-electron chi connectivity index (χ0n) is 17.4. The Kier molecular flexibility index (Phi) is 5.05. The molecule has 5 heterocycles. The summed E-state index contributed by atoms with van der Waals surface area (Å²) in [6, 6.07) is 3.37. The van der Waals surface area contributed by atoms with Crippen LogP contribution < -0.4 is 4.90 Å². The van der Waals surface area contributed by atoms with Gasteiger partial charge in [0, 0.05) is 39.3 Å². The summed E-state index contributed by atoms with van der Waals surface area (Å²) < 4.78 is 10.5. The second kappa shape index (κ2) is 8.01. The maximum atomic E-state index is 13.2. The number of carbonyl (C=O) groups is 2. The largest absolute Gasteiger partial charge is 0.459 e. The minimum atomic E-state index is -0.127. The van der Waals surface area contributed by atoms with Crippen molar-refractivity contribution in [3.63, 3.8) is 0 Å². The van der Waals surface area contributed by atoms with E-state index in [9.17, 15) is 9.59 Å². The lowest BCUT2D eigenvalue weighted by Gasteiger charge is -2.39. The van der Waals surface area contributed by atoms with Gasteiger partial charge in [0.2, 0.25) is 5.91 Å². The normalized spacial score (nSPS) is 19.8. The number of piperidine rings is 1. The van der Waals surface area contributed by atoms with Crippen molar-refractivity contribution in [2.24, 2.45) is 5.92 Å². The molecule has 5 rings (SSSR count). The van der Waals surface area contributed by atoms with E-state index in [1.54, 1.807) is 17.0 Å². The Labute approximate surface area is 178 Å². The number of amides is 2. The SMILES string of the molecule is Cc1noc2ncnc(N3CCC[C@@H](C(=O)N4CCN(C(=O)c5ccco5)CC4)C3)c12. The van der Waals surface area contributed by atoms with E-state index in [0.29, 0.717) is 44.2 Å². The fourth-order valence-corrected chi connectivity index (χ4v) is 4.46. The van der Waals surface area contributed by atoms with Crippen LogP contribution in [0.4, 0.5) is 5.82 Å². The molecule has 0 saturated carbocycles. The van der Waals surface area contributed by atoms with Crippen molar-refractivity contribution in [2.45, 2.75) is 19.8 Å². The van der Waals surface area contributed by atoms with Gasteiger partial charge in [-0.1, -0.05) is 5.16 Å². The van der Waals surface area contributed by atoms with Crippen LogP contribution in [0.25, 0.3) is 11.1 Å². The molecule has 3 aromatic rings. The smallest absolute Gasteiger partial charge is 0.289 e. The summed E-state index contributed by atoms with van der Waals surface area (Å²) in [4.78, 5) is 40.0. The number of furan rings is 1. The van der Waals surface area contributed by atoms with Crippen LogP contribution in [0, 0.1) is 12.8 Å². The third-order valence-electron chi connectivity index (χ3n) is 6.10. The second-order valence-electron chi connectivity index (χ2n) is 8.03. The van der Waals surface area contributed by atoms with Crippen molar-refractivity contribution < 1.29 is 18.5 Å². The third-order valence-corrected chi connectivity index (χ3v) is 6.10. The number of hydrogen-bond donors (Lipinski definition) is 0. The van der Waals surface area contributed by atoms with Crippen molar-refractivity contribution >= 4 is 28.7 Å². The molecule has 2 aliphatic heterocycles. The van der Waals surface area contributed by atoms with Crippen molar-refractivity contribution in [1.82, 2.24) is 24.9 Å². The number of nitrogens with zero attached hydrogens (tertiary/aromatic N) is 6. The van der Waals surface area contributed by atoms with Crippen LogP contribution in [-0.4, -0.2) is 76.0 Å². The number of fused-ring (bicyclic) bond motifs is 1. The summed E-state index contributed by atoms with van der Waals surface area (Å²) >= 11 is 0. The predicted octanol–water partition coefficient (Wildman–Crippen LogP) is 1.72. The van der Waals surface area contributed by atoms with Gasteiger partial charge in [-0.3, -0.25) is 9.59 Å². The Morgan fingerprint density at radius 2 is 1.90 bits per heavy atom. The van der Waals surface area contributed by atoms with Crippen LogP contribution in [0.3, 0.4) is 0 Å². The molecule has 162 valence electrons. The summed E-state index contributed by atoms with van der Waals surface area (Å²) in [6.45, 7) is 5.37. The van der Waals surface area contributed by atoms with Gasteiger partial charge < -0.3 is 23.6 Å². The molecule has 2 amide bonds. The number of piperazine rings is 1. The molecular formula is C21H24N6O4. The standard InChI is InChI=1S/C21H24N6O4/c1-14-17-18(22-13-23-19(17)31-24-14)27-6-2-4-15(12-27)20(28)25-7-9-26(10-8-25)21(29)16-5-3-11-30-16/h3,5,11,13,15H,2,4,6-10,12H2,1H3/t15-/m1/s1. The molecule has 1 atom stereocenters. The molecule has 2 aliphatic rings. The average Bonchev–Trinajstić information content (AvgIpc) is 3.49. The number of carbonyl (C=O) groups excluding carboxylic acids is 2. The summed E-state index contributed by atoms with van der Waals surface area (Å²) in [5, 5.41) is 4.81. The van der Waals surface area contributed by atoms with E-state index in [1.165, 1.54) is 12.6 Å². The van der Waals surface area contributed by atoms with E-state index in [4.69, 9.17) is 8.94 Å². The number of hydrogen-bond acceptors (Lipinski definition) is 8. The van der Waals surface area contributed by atoms with Crippen LogP contribution in [-0.2, 0) is 4.79 Å². The first-order chi connectivity index (χ1) is 15.1. The van der Waals surface area contributed by atoms with Crippen LogP contribution in [0.15, 0.2) is 33.7 Å². The highest BCUT2D eigenvalue weighted by atomic mass is 16.5. The Morgan fingerprint density at radius 3 is 2.68 bits per heavy atom. The van der Waals surface area contributed by atoms with Crippen LogP contribution in [0.2, 0.25) is 0 Å². The fourth-order valence-electron chi connectivity index (χ4n) is 4.46. The van der Waals surface area contributed by atoms with E-state index >= 15 is 0 Å². The van der Waals surface area contributed by atoms with E-state index < -0.39 is 0 Å². The van der Waals surface area contributed by atoms with Crippen LogP contribution >= 0.6 is 0 Å². The maximum Gasteiger partial charge on any atom is 0.289 e. The molecule has 0 unspecified atom stereocenters. The molecule has 0 aromatic carbocycles. The minimum absolute atomic E-state index is 0.105. The summed E-state index contributed by atoms with van der Waals surface area (Å²) in [5.41, 5.74) is 1.21. The number of rotatable bonds is 3. The van der Waals surface area contributed by atoms with Gasteiger partial charge in [-0.2, -0.15) is 4.98 Å². The number of aryl methyl sites for hydroxylation is 1. The van der Waals surface area contributed by atoms with E-state index in [0.717, 1.165) is 36.3 Å². The van der Waals surface area contributed by atoms with Gasteiger partial charge in [0.1, 0.15) is 17.5 Å². The quantitative estimate of drug-likeness (QED) is 0.625. The van der Waals surface area contributed by atoms with Gasteiger partial charge in [-0.25, -0.2) is 4.98 Å². The summed E-state index contributed by atoms with van der Waals surface area (Å²) in [5.74, 6) is 1.02. The van der Waals surface area contributed by atoms with E-state index in [2.05, 4.69) is 20.0 Å². The topological polar surface area (TPSA) is 109 Å². The van der Waals surface area contributed by atoms with Crippen molar-refractivity contribution in [3.05, 3.63) is 36.2 Å². The first-order valence-electron chi connectivity index (χ1n) is 10.6. The molecule has 10 nitrogen and oxygen atoms in total. The minimum Gasteiger partial charge on any atom is -0.459 e. The Hall–Kier alpha value is -3.43. The Balaban J connectivity index is 1.24. The predicted molar refractivity (Wildman–Crippen MR) is 110 cm³/mol. The molecule has 31 heavy (non-hydrogen) atoms. The second-order valence-corrected chi connectivity index (χ2v) is 8.03. The number of anilines is 1. The average molecular weight is 424 g/mol. The molecule has 0 aliphatic carbocycles. The number of aromatic nitrogens is 3. The lowest BCUT2D eigenvalue weighted by Crippen LogP contribution is -2.53. The van der Waals surface area contributed by atoms with Crippen molar-refractivity contribution in [2.75, 3.05) is 44.2 Å². The van der Waals surface area contributed by atoms with E-state index in [-0.39, 0.29) is 17.7 Å². The zero-order chi connectivity index (χ0) is 21.4. The van der Waals surface area contributed by atoms with Gasteiger partial charge >= 0.3 is 0 Å². The molecule has 0 bridgehead atoms. The molecule has 0 N–H and O–H groups in total. The van der Waals surface area contributed by atoms with Crippen molar-refractivity contribution in [1.29, 1.82) is 0 Å². The highest BCUT2D eigenvalue weighted by Crippen LogP contribution is 2.30. The van der Waals surface area contributed by atoms with E-state index in [1.807, 2.05) is 11.8 Å². The van der Waals surface area contributed by atoms with Gasteiger partial charge in [-0.15, -0.1) is 0 Å². The van der Waals surface area contributed by atoms with Gasteiger partial charge in [0.25, 0.3) is 11.6 Å². The molecule has 0 spiro atoms. The zero-order valence-corrected chi connectivity index (χ0v) is 17.4. The first-order valence-corrected chi connectivity index (χ1v) is 10.6. The van der Waals surface area contributed by atoms with Gasteiger partial charge in [-0.05, 0) is 31.9 Å². The summed E-state index contributed by atoms with van der Waals surface area (Å²) in [6.07, 6.45) is 4.72. The van der Waals surface area contributed by atoms with Gasteiger partial charge in [0.05, 0.1) is 17.9 Å². The third kappa shape index (κ3) is 3.62. The highest BCUT2D eigenvalue weighted by Gasteiger charge is 2.33. The molecule has 0 radical (unpaired) electrons. The van der Waals surface area contributed by atoms with Crippen molar-refractivity contribution in [3.8, 4) is 0 Å². The highest BCUT2D eigenvalue weighted by molar-refractivity contribution is 5.92. The Morgan fingerprint density at radius 1 is 1.10 bits per heavy atom. The lowest BCUT2D eigenvalue weighted by molar-refractivity contribution is -0.137. The van der Waals surface area contributed by atoms with Gasteiger partial charge in [0.15, 0.2) is 5.76 Å². The molecule has 2 saturated heterocycles. The Bertz CT molecular complexity index is 1090. The first kappa shape index (κ1) is 19.5. The molecular weight excluding hydrogens is 400 g/mol. The molecule has 10 heteroatoms. The monoisotopic (exact) mass is 424 g/mol. The lowest BCUT2D eigenvalue weighted by atomic mass is 9.96. The molecule has 3 aromatic heterocycles. The van der Waals surface area contributed by atoms with Crippen LogP contribution in [0.5, 0.6) is 0 Å².